The summed E-state index contributed by atoms with van der Waals surface area (Å²) >= 11 is 0. The predicted molar refractivity (Wildman–Crippen MR) is 129 cm³/mol. The smallest absolute Gasteiger partial charge is 0.169 e. The molecule has 0 saturated carbocycles. The molecule has 0 N–H and O–H groups in total. The van der Waals surface area contributed by atoms with Crippen LogP contribution in [0.4, 0.5) is 0 Å². The first-order chi connectivity index (χ1) is 14.8. The van der Waals surface area contributed by atoms with Crippen LogP contribution in [0.3, 0.4) is 0 Å². The number of rotatable bonds is 10. The molecule has 0 fully saturated rings. The molecule has 0 heterocycles. The lowest BCUT2D eigenvalue weighted by Crippen LogP contribution is -2.30. The zero-order valence-corrected chi connectivity index (χ0v) is 20.2. The van der Waals surface area contributed by atoms with Crippen LogP contribution in [0.1, 0.15) is 25.0 Å². The van der Waals surface area contributed by atoms with Crippen LogP contribution in [-0.4, -0.2) is 25.8 Å². The normalized spacial score (nSPS) is 11.5. The van der Waals surface area contributed by atoms with E-state index in [-0.39, 0.29) is 11.6 Å². The van der Waals surface area contributed by atoms with Gasteiger partial charge in [-0.15, -0.1) is 0 Å². The van der Waals surface area contributed by atoms with Crippen molar-refractivity contribution >= 4 is 42.7 Å². The SMILES string of the molecule is COc1cc(/C=C/C(=O)C(C)(C)C(=O)/C=C/c2ccc(OP)c(OC)c2)ccc1OP. The monoisotopic (exact) mass is 460 g/mol. The summed E-state index contributed by atoms with van der Waals surface area (Å²) in [5.41, 5.74) is 0.282. The molecule has 0 aliphatic heterocycles. The van der Waals surface area contributed by atoms with Crippen molar-refractivity contribution in [3.8, 4) is 23.0 Å². The van der Waals surface area contributed by atoms with Crippen LogP contribution in [0.5, 0.6) is 23.0 Å². The van der Waals surface area contributed by atoms with Crippen molar-refractivity contribution in [3.63, 3.8) is 0 Å². The van der Waals surface area contributed by atoms with E-state index in [1.54, 1.807) is 62.4 Å². The lowest BCUT2D eigenvalue weighted by Gasteiger charge is -2.17. The van der Waals surface area contributed by atoms with E-state index in [1.807, 2.05) is 0 Å². The molecule has 31 heavy (non-hydrogen) atoms. The van der Waals surface area contributed by atoms with Gasteiger partial charge in [-0.25, -0.2) is 0 Å². The fourth-order valence-electron chi connectivity index (χ4n) is 2.65. The first-order valence-corrected chi connectivity index (χ1v) is 10.3. The highest BCUT2D eigenvalue weighted by atomic mass is 31.0. The molecule has 0 aromatic heterocycles. The lowest BCUT2D eigenvalue weighted by molar-refractivity contribution is -0.132. The predicted octanol–water partition coefficient (Wildman–Crippen LogP) is 4.93. The highest BCUT2D eigenvalue weighted by molar-refractivity contribution is 7.10. The average molecular weight is 460 g/mol. The van der Waals surface area contributed by atoms with Crippen LogP contribution < -0.4 is 18.5 Å². The number of ketones is 2. The van der Waals surface area contributed by atoms with Crippen LogP contribution >= 0.6 is 18.9 Å². The van der Waals surface area contributed by atoms with Crippen LogP contribution in [0.15, 0.2) is 48.6 Å². The molecule has 8 heteroatoms. The quantitative estimate of drug-likeness (QED) is 0.284. The fourth-order valence-corrected chi connectivity index (χ4v) is 3.04. The Morgan fingerprint density at radius 3 is 1.45 bits per heavy atom. The lowest BCUT2D eigenvalue weighted by atomic mass is 9.82. The van der Waals surface area contributed by atoms with Crippen LogP contribution in [0, 0.1) is 5.41 Å². The number of carbonyl (C=O) groups excluding carboxylic acids is 2. The molecule has 164 valence electrons. The van der Waals surface area contributed by atoms with Crippen molar-refractivity contribution in [2.75, 3.05) is 14.2 Å². The largest absolute Gasteiger partial charge is 0.493 e. The third-order valence-corrected chi connectivity index (χ3v) is 5.22. The minimum absolute atomic E-state index is 0.308. The number of carbonyl (C=O) groups is 2. The van der Waals surface area contributed by atoms with E-state index in [4.69, 9.17) is 18.5 Å². The number of ether oxygens (including phenoxy) is 2. The van der Waals surface area contributed by atoms with Crippen molar-refractivity contribution in [1.82, 2.24) is 0 Å². The third-order valence-electron chi connectivity index (χ3n) is 4.72. The Labute approximate surface area is 187 Å². The third kappa shape index (κ3) is 6.16. The molecule has 0 aliphatic carbocycles. The van der Waals surface area contributed by atoms with Crippen molar-refractivity contribution in [3.05, 3.63) is 59.7 Å². The van der Waals surface area contributed by atoms with Gasteiger partial charge in [-0.1, -0.05) is 24.3 Å². The first-order valence-electron chi connectivity index (χ1n) is 9.31. The summed E-state index contributed by atoms with van der Waals surface area (Å²) in [6.07, 6.45) is 6.08. The van der Waals surface area contributed by atoms with Gasteiger partial charge in [0.15, 0.2) is 34.6 Å². The molecule has 2 rings (SSSR count). The maximum Gasteiger partial charge on any atom is 0.169 e. The van der Waals surface area contributed by atoms with E-state index in [9.17, 15) is 9.59 Å². The molecule has 0 spiro atoms. The maximum atomic E-state index is 12.7. The molecule has 0 aliphatic rings. The topological polar surface area (TPSA) is 71.1 Å². The highest BCUT2D eigenvalue weighted by Gasteiger charge is 2.32. The maximum absolute atomic E-state index is 12.7. The van der Waals surface area contributed by atoms with Gasteiger partial charge in [0.1, 0.15) is 0 Å². The summed E-state index contributed by atoms with van der Waals surface area (Å²) < 4.78 is 20.8. The highest BCUT2D eigenvalue weighted by Crippen LogP contribution is 2.31. The Balaban J connectivity index is 2.14. The summed E-state index contributed by atoms with van der Waals surface area (Å²) in [5.74, 6) is 1.58. The summed E-state index contributed by atoms with van der Waals surface area (Å²) in [6, 6.07) is 10.5. The van der Waals surface area contributed by atoms with Gasteiger partial charge < -0.3 is 18.5 Å². The molecule has 0 bridgehead atoms. The van der Waals surface area contributed by atoms with Gasteiger partial charge in [0, 0.05) is 0 Å². The van der Waals surface area contributed by atoms with Crippen LogP contribution in [-0.2, 0) is 9.59 Å². The zero-order chi connectivity index (χ0) is 23.0. The summed E-state index contributed by atoms with van der Waals surface area (Å²) in [4.78, 5) is 25.4. The van der Waals surface area contributed by atoms with E-state index in [0.29, 0.717) is 23.0 Å². The Morgan fingerprint density at radius 2 is 1.13 bits per heavy atom. The summed E-state index contributed by atoms with van der Waals surface area (Å²) in [7, 11) is 7.39. The van der Waals surface area contributed by atoms with Crippen molar-refractivity contribution < 1.29 is 28.1 Å². The van der Waals surface area contributed by atoms with E-state index in [2.05, 4.69) is 18.9 Å². The number of benzene rings is 2. The van der Waals surface area contributed by atoms with Gasteiger partial charge >= 0.3 is 0 Å². The van der Waals surface area contributed by atoms with Gasteiger partial charge in [0.2, 0.25) is 0 Å². The molecule has 2 aromatic carbocycles. The van der Waals surface area contributed by atoms with Crippen LogP contribution in [0.2, 0.25) is 0 Å². The molecule has 6 nitrogen and oxygen atoms in total. The summed E-state index contributed by atoms with van der Waals surface area (Å²) in [6.45, 7) is 3.20. The van der Waals surface area contributed by atoms with E-state index in [0.717, 1.165) is 11.1 Å². The Bertz CT molecular complexity index is 932. The van der Waals surface area contributed by atoms with Gasteiger partial charge in [0.25, 0.3) is 0 Å². The molecular weight excluding hydrogens is 434 g/mol. The molecule has 2 aromatic rings. The number of hydrogen-bond donors (Lipinski definition) is 0. The van der Waals surface area contributed by atoms with E-state index < -0.39 is 5.41 Å². The van der Waals surface area contributed by atoms with Gasteiger partial charge in [0.05, 0.1) is 38.6 Å². The van der Waals surface area contributed by atoms with E-state index >= 15 is 0 Å². The first kappa shape index (κ1) is 24.6. The van der Waals surface area contributed by atoms with Gasteiger partial charge in [-0.3, -0.25) is 9.59 Å². The Kier molecular flexibility index (Phi) is 8.79. The number of allylic oxidation sites excluding steroid dienone is 2. The second-order valence-corrected chi connectivity index (χ2v) is 7.55. The fraction of sp³-hybridized carbons (Fsp3) is 0.217. The average Bonchev–Trinajstić information content (AvgIpc) is 2.80. The minimum Gasteiger partial charge on any atom is -0.493 e. The van der Waals surface area contributed by atoms with E-state index in [1.165, 1.54) is 26.4 Å². The van der Waals surface area contributed by atoms with Crippen molar-refractivity contribution in [2.45, 2.75) is 13.8 Å². The Hall–Kier alpha value is -2.68. The van der Waals surface area contributed by atoms with Gasteiger partial charge in [-0.05, 0) is 61.4 Å². The molecule has 0 radical (unpaired) electrons. The molecule has 2 atom stereocenters. The van der Waals surface area contributed by atoms with Gasteiger partial charge in [-0.2, -0.15) is 0 Å². The van der Waals surface area contributed by atoms with Crippen molar-refractivity contribution in [1.29, 1.82) is 0 Å². The summed E-state index contributed by atoms with van der Waals surface area (Å²) in [5, 5.41) is 0. The molecule has 0 amide bonds. The van der Waals surface area contributed by atoms with Crippen LogP contribution in [0.25, 0.3) is 12.2 Å². The molecule has 0 saturated heterocycles. The van der Waals surface area contributed by atoms with Crippen molar-refractivity contribution in [2.24, 2.45) is 5.41 Å². The molecular formula is C23H26O6P2. The zero-order valence-electron chi connectivity index (χ0n) is 17.9. The second-order valence-electron chi connectivity index (χ2n) is 7.08. The standard InChI is InChI=1S/C23H26O6P2/c1-23(2,21(24)11-7-15-5-9-17(28-30)19(13-15)26-3)22(25)12-8-16-6-10-18(29-31)20(14-16)27-4/h5-14H,30-31H2,1-4H3/b11-7+,12-8+. The molecule has 2 unspecified atom stereocenters. The number of methoxy groups -OCH3 is 2. The number of hydrogen-bond acceptors (Lipinski definition) is 6. The Morgan fingerprint density at radius 1 is 0.742 bits per heavy atom. The minimum atomic E-state index is -1.21. The second kappa shape index (κ2) is 11.1.